The summed E-state index contributed by atoms with van der Waals surface area (Å²) < 4.78 is 0. The average molecular weight is 195 g/mol. The molecule has 0 aliphatic heterocycles. The van der Waals surface area contributed by atoms with E-state index in [0.29, 0.717) is 23.5 Å². The fourth-order valence-electron chi connectivity index (χ4n) is 2.14. The zero-order valence-electron chi connectivity index (χ0n) is 9.21. The predicted molar refractivity (Wildman–Crippen MR) is 59.2 cm³/mol. The van der Waals surface area contributed by atoms with Gasteiger partial charge in [-0.2, -0.15) is 0 Å². The van der Waals surface area contributed by atoms with E-state index in [2.05, 4.69) is 24.2 Å². The van der Waals surface area contributed by atoms with Crippen LogP contribution in [0.25, 0.3) is 0 Å². The number of nitrogens with one attached hydrogen (secondary N) is 1. The van der Waals surface area contributed by atoms with Gasteiger partial charge in [-0.1, -0.05) is 26.7 Å². The van der Waals surface area contributed by atoms with Crippen molar-refractivity contribution in [2.45, 2.75) is 58.0 Å². The number of nitrogens with two attached hydrogens (primary N) is 1. The molecule has 2 rings (SSSR count). The predicted octanol–water partition coefficient (Wildman–Crippen LogP) is 1.63. The van der Waals surface area contributed by atoms with Crippen molar-refractivity contribution in [2.75, 3.05) is 0 Å². The highest BCUT2D eigenvalue weighted by atomic mass is 15.1. The lowest BCUT2D eigenvalue weighted by molar-refractivity contribution is 0.604. The topological polar surface area (TPSA) is 50.4 Å². The first-order valence-electron chi connectivity index (χ1n) is 5.68. The van der Waals surface area contributed by atoms with Crippen molar-refractivity contribution < 1.29 is 0 Å². The van der Waals surface area contributed by atoms with E-state index in [4.69, 9.17) is 5.73 Å². The van der Waals surface area contributed by atoms with Crippen LogP contribution in [0.2, 0.25) is 0 Å². The molecule has 3 nitrogen and oxygen atoms in total. The summed E-state index contributed by atoms with van der Waals surface area (Å²) in [4.78, 5) is 4.49. The summed E-state index contributed by atoms with van der Waals surface area (Å²) in [6.07, 6.45) is 6.36. The standard InChI is InChI=1S/C11H21N3/c1-11(2)7-9(11)14-10(12)13-8-5-3-4-6-8/h8-9H,3-7H2,1-2H3,(H3,12,13,14). The van der Waals surface area contributed by atoms with Crippen LogP contribution in [0.4, 0.5) is 0 Å². The summed E-state index contributed by atoms with van der Waals surface area (Å²) in [5.74, 6) is 0.660. The maximum Gasteiger partial charge on any atom is 0.189 e. The quantitative estimate of drug-likeness (QED) is 0.520. The van der Waals surface area contributed by atoms with Gasteiger partial charge in [-0.3, -0.25) is 0 Å². The molecule has 2 saturated carbocycles. The fourth-order valence-corrected chi connectivity index (χ4v) is 2.14. The lowest BCUT2D eigenvalue weighted by Crippen LogP contribution is -2.38. The molecule has 0 saturated heterocycles. The van der Waals surface area contributed by atoms with Crippen LogP contribution in [0.1, 0.15) is 46.0 Å². The van der Waals surface area contributed by atoms with Crippen molar-refractivity contribution in [3.8, 4) is 0 Å². The van der Waals surface area contributed by atoms with Crippen LogP contribution in [0, 0.1) is 5.41 Å². The Kier molecular flexibility index (Phi) is 2.41. The summed E-state index contributed by atoms with van der Waals surface area (Å²) in [6, 6.07) is 1.04. The van der Waals surface area contributed by atoms with Gasteiger partial charge in [-0.15, -0.1) is 0 Å². The summed E-state index contributed by atoms with van der Waals surface area (Å²) in [7, 11) is 0. The molecule has 2 fully saturated rings. The van der Waals surface area contributed by atoms with E-state index in [0.717, 1.165) is 0 Å². The van der Waals surface area contributed by atoms with Crippen LogP contribution in [-0.4, -0.2) is 18.0 Å². The first-order valence-corrected chi connectivity index (χ1v) is 5.68. The van der Waals surface area contributed by atoms with Gasteiger partial charge in [0.2, 0.25) is 0 Å². The largest absolute Gasteiger partial charge is 0.370 e. The Bertz CT molecular complexity index is 239. The zero-order chi connectivity index (χ0) is 10.2. The summed E-state index contributed by atoms with van der Waals surface area (Å²) in [6.45, 7) is 4.48. The molecule has 3 heteroatoms. The second-order valence-corrected chi connectivity index (χ2v) is 5.35. The second kappa shape index (κ2) is 3.44. The molecule has 2 aliphatic carbocycles. The van der Waals surface area contributed by atoms with Crippen LogP contribution in [0.15, 0.2) is 4.99 Å². The van der Waals surface area contributed by atoms with Gasteiger partial charge in [-0.25, -0.2) is 4.99 Å². The lowest BCUT2D eigenvalue weighted by atomic mass is 10.2. The van der Waals surface area contributed by atoms with Gasteiger partial charge in [0.15, 0.2) is 5.96 Å². The van der Waals surface area contributed by atoms with E-state index >= 15 is 0 Å². The number of aliphatic imine (C=N–C) groups is 1. The van der Waals surface area contributed by atoms with Gasteiger partial charge in [0.1, 0.15) is 0 Å². The Morgan fingerprint density at radius 3 is 2.43 bits per heavy atom. The first-order chi connectivity index (χ1) is 6.58. The molecule has 14 heavy (non-hydrogen) atoms. The van der Waals surface area contributed by atoms with Crippen molar-refractivity contribution in [1.82, 2.24) is 5.32 Å². The third kappa shape index (κ3) is 2.20. The van der Waals surface area contributed by atoms with E-state index in [1.807, 2.05) is 0 Å². The molecule has 0 aromatic heterocycles. The first kappa shape index (κ1) is 9.81. The van der Waals surface area contributed by atoms with E-state index in [9.17, 15) is 0 Å². The molecule has 0 heterocycles. The van der Waals surface area contributed by atoms with Crippen LogP contribution in [-0.2, 0) is 0 Å². The Hall–Kier alpha value is -0.730. The van der Waals surface area contributed by atoms with Crippen LogP contribution >= 0.6 is 0 Å². The molecule has 0 radical (unpaired) electrons. The molecule has 1 atom stereocenters. The van der Waals surface area contributed by atoms with E-state index in [1.54, 1.807) is 0 Å². The molecule has 0 bridgehead atoms. The lowest BCUT2D eigenvalue weighted by Gasteiger charge is -2.12. The molecule has 0 amide bonds. The van der Waals surface area contributed by atoms with Gasteiger partial charge in [-0.05, 0) is 24.7 Å². The molecule has 0 aromatic rings. The van der Waals surface area contributed by atoms with Gasteiger partial charge in [0.05, 0.1) is 6.04 Å². The molecule has 1 unspecified atom stereocenters. The number of hydrogen-bond acceptors (Lipinski definition) is 1. The highest BCUT2D eigenvalue weighted by Gasteiger charge is 2.46. The van der Waals surface area contributed by atoms with Crippen molar-refractivity contribution >= 4 is 5.96 Å². The Morgan fingerprint density at radius 1 is 1.36 bits per heavy atom. The van der Waals surface area contributed by atoms with Crippen LogP contribution in [0.3, 0.4) is 0 Å². The maximum atomic E-state index is 5.85. The number of nitrogens with zero attached hydrogens (tertiary/aromatic N) is 1. The normalized spacial score (nSPS) is 31.9. The minimum atomic E-state index is 0.391. The van der Waals surface area contributed by atoms with Gasteiger partial charge >= 0.3 is 0 Å². The highest BCUT2D eigenvalue weighted by molar-refractivity contribution is 5.78. The van der Waals surface area contributed by atoms with Gasteiger partial charge in [0, 0.05) is 6.04 Å². The van der Waals surface area contributed by atoms with E-state index in [-0.39, 0.29) is 0 Å². The van der Waals surface area contributed by atoms with E-state index < -0.39 is 0 Å². The van der Waals surface area contributed by atoms with Crippen LogP contribution in [0.5, 0.6) is 0 Å². The monoisotopic (exact) mass is 195 g/mol. The third-order valence-electron chi connectivity index (χ3n) is 3.46. The van der Waals surface area contributed by atoms with Crippen molar-refractivity contribution in [3.05, 3.63) is 0 Å². The number of rotatable bonds is 2. The Labute approximate surface area is 86.2 Å². The minimum absolute atomic E-state index is 0.391. The van der Waals surface area contributed by atoms with Crippen molar-refractivity contribution in [2.24, 2.45) is 16.1 Å². The highest BCUT2D eigenvalue weighted by Crippen LogP contribution is 2.47. The Morgan fingerprint density at radius 2 is 1.93 bits per heavy atom. The number of hydrogen-bond donors (Lipinski definition) is 2. The molecule has 0 aromatic carbocycles. The minimum Gasteiger partial charge on any atom is -0.370 e. The summed E-state index contributed by atoms with van der Waals surface area (Å²) >= 11 is 0. The second-order valence-electron chi connectivity index (χ2n) is 5.35. The van der Waals surface area contributed by atoms with Crippen molar-refractivity contribution in [1.29, 1.82) is 0 Å². The molecule has 2 aliphatic rings. The Balaban J connectivity index is 1.80. The van der Waals surface area contributed by atoms with Crippen molar-refractivity contribution in [3.63, 3.8) is 0 Å². The molecular weight excluding hydrogens is 174 g/mol. The third-order valence-corrected chi connectivity index (χ3v) is 3.46. The summed E-state index contributed by atoms with van der Waals surface area (Å²) in [5.41, 5.74) is 6.25. The van der Waals surface area contributed by atoms with Gasteiger partial charge < -0.3 is 11.1 Å². The van der Waals surface area contributed by atoms with E-state index in [1.165, 1.54) is 32.1 Å². The molecule has 3 N–H and O–H groups in total. The zero-order valence-corrected chi connectivity index (χ0v) is 9.21. The summed E-state index contributed by atoms with van der Waals surface area (Å²) in [5, 5.41) is 3.32. The fraction of sp³-hybridized carbons (Fsp3) is 0.909. The smallest absolute Gasteiger partial charge is 0.189 e. The van der Waals surface area contributed by atoms with Crippen LogP contribution < -0.4 is 11.1 Å². The maximum absolute atomic E-state index is 5.85. The molecular formula is C11H21N3. The SMILES string of the molecule is CC1(C)CC1N=C(N)NC1CCCC1. The molecule has 80 valence electrons. The number of guanidine groups is 1. The molecule has 0 spiro atoms. The van der Waals surface area contributed by atoms with Gasteiger partial charge in [0.25, 0.3) is 0 Å². The average Bonchev–Trinajstić information content (AvgIpc) is 2.49.